The molecule has 0 aliphatic heterocycles. The van der Waals surface area contributed by atoms with E-state index < -0.39 is 8.80 Å². The van der Waals surface area contributed by atoms with Gasteiger partial charge in [0.15, 0.2) is 0 Å². The second-order valence-corrected chi connectivity index (χ2v) is 9.97. The Morgan fingerprint density at radius 3 is 1.06 bits per heavy atom. The van der Waals surface area contributed by atoms with Crippen molar-refractivity contribution in [3.05, 3.63) is 120 Å². The van der Waals surface area contributed by atoms with Crippen LogP contribution in [-0.2, 0) is 0 Å². The molecule has 0 unspecified atom stereocenters. The van der Waals surface area contributed by atoms with E-state index in [-0.39, 0.29) is 0 Å². The molecule has 4 aromatic carbocycles. The molecule has 4 heteroatoms. The summed E-state index contributed by atoms with van der Waals surface area (Å²) in [6, 6.07) is 33.8. The van der Waals surface area contributed by atoms with Crippen molar-refractivity contribution in [3.63, 3.8) is 0 Å². The maximum Gasteiger partial charge on any atom is 0.737 e. The third-order valence-electron chi connectivity index (χ3n) is 4.95. The molecule has 4 aromatic rings. The van der Waals surface area contributed by atoms with Crippen molar-refractivity contribution in [1.82, 2.24) is 0 Å². The molecule has 0 saturated heterocycles. The summed E-state index contributed by atoms with van der Waals surface area (Å²) in [5.41, 5.74) is 3.50. The normalized spacial score (nSPS) is 11.1. The molecular weight excluding hydrogens is 400 g/mol. The monoisotopic (exact) mass is 426 g/mol. The van der Waals surface area contributed by atoms with Gasteiger partial charge in [0.2, 0.25) is 0 Å². The lowest BCUT2D eigenvalue weighted by Gasteiger charge is -2.30. The Morgan fingerprint density at radius 2 is 0.742 bits per heavy atom. The second-order valence-electron chi connectivity index (χ2n) is 7.67. The molecule has 3 nitrogen and oxygen atoms in total. The number of aryl methyl sites for hydroxylation is 3. The van der Waals surface area contributed by atoms with Gasteiger partial charge in [0.05, 0.1) is 5.19 Å². The van der Waals surface area contributed by atoms with Crippen molar-refractivity contribution >= 4 is 14.0 Å². The van der Waals surface area contributed by atoms with Crippen molar-refractivity contribution in [1.29, 1.82) is 0 Å². The molecule has 0 radical (unpaired) electrons. The molecule has 0 heterocycles. The maximum absolute atomic E-state index is 6.61. The van der Waals surface area contributed by atoms with E-state index in [1.54, 1.807) is 0 Å². The van der Waals surface area contributed by atoms with Crippen LogP contribution in [0.1, 0.15) is 16.7 Å². The minimum Gasteiger partial charge on any atom is -0.480 e. The van der Waals surface area contributed by atoms with Crippen LogP contribution >= 0.6 is 0 Å². The second kappa shape index (κ2) is 9.10. The molecule has 0 amide bonds. The smallest absolute Gasteiger partial charge is 0.480 e. The summed E-state index contributed by atoms with van der Waals surface area (Å²) in [6.07, 6.45) is 0. The zero-order valence-electron chi connectivity index (χ0n) is 18.0. The molecule has 0 atom stereocenters. The lowest BCUT2D eigenvalue weighted by atomic mass is 10.2. The Kier molecular flexibility index (Phi) is 6.10. The van der Waals surface area contributed by atoms with E-state index in [1.807, 2.05) is 103 Å². The van der Waals surface area contributed by atoms with Crippen LogP contribution in [0.3, 0.4) is 0 Å². The van der Waals surface area contributed by atoms with E-state index in [0.717, 1.165) is 5.19 Å². The van der Waals surface area contributed by atoms with Gasteiger partial charge in [0.25, 0.3) is 0 Å². The summed E-state index contributed by atoms with van der Waals surface area (Å²) in [6.45, 7) is 6.16. The number of hydrogen-bond donors (Lipinski definition) is 0. The van der Waals surface area contributed by atoms with Crippen molar-refractivity contribution in [3.8, 4) is 17.2 Å². The fourth-order valence-electron chi connectivity index (χ4n) is 3.17. The minimum absolute atomic E-state index is 0.709. The lowest BCUT2D eigenvalue weighted by molar-refractivity contribution is 0.281. The van der Waals surface area contributed by atoms with Gasteiger partial charge in [-0.1, -0.05) is 83.4 Å². The lowest BCUT2D eigenvalue weighted by Crippen LogP contribution is -2.64. The Morgan fingerprint density at radius 1 is 0.419 bits per heavy atom. The van der Waals surface area contributed by atoms with Crippen LogP contribution in [0.2, 0.25) is 0 Å². The molecule has 0 aliphatic rings. The topological polar surface area (TPSA) is 27.7 Å². The maximum atomic E-state index is 6.61. The Bertz CT molecular complexity index is 990. The van der Waals surface area contributed by atoms with E-state index in [9.17, 15) is 0 Å². The van der Waals surface area contributed by atoms with E-state index in [2.05, 4.69) is 20.8 Å². The first kappa shape index (κ1) is 20.8. The molecule has 0 saturated carbocycles. The van der Waals surface area contributed by atoms with Crippen molar-refractivity contribution in [2.24, 2.45) is 0 Å². The Labute approximate surface area is 185 Å². The van der Waals surface area contributed by atoms with Crippen LogP contribution in [0.15, 0.2) is 103 Å². The number of rotatable bonds is 7. The van der Waals surface area contributed by atoms with Crippen LogP contribution in [0, 0.1) is 20.8 Å². The highest BCUT2D eigenvalue weighted by molar-refractivity contribution is 6.77. The van der Waals surface area contributed by atoms with Gasteiger partial charge in [-0.2, -0.15) is 0 Å². The fraction of sp³-hybridized carbons (Fsp3) is 0.111. The summed E-state index contributed by atoms with van der Waals surface area (Å²) < 4.78 is 19.8. The first-order chi connectivity index (χ1) is 15.0. The molecule has 0 spiro atoms. The van der Waals surface area contributed by atoms with Gasteiger partial charge in [-0.15, -0.1) is 0 Å². The van der Waals surface area contributed by atoms with Gasteiger partial charge in [0.1, 0.15) is 17.2 Å². The molecule has 31 heavy (non-hydrogen) atoms. The zero-order valence-corrected chi connectivity index (χ0v) is 19.0. The first-order valence-corrected chi connectivity index (χ1v) is 12.1. The highest BCUT2D eigenvalue weighted by Crippen LogP contribution is 2.25. The average Bonchev–Trinajstić information content (AvgIpc) is 2.79. The Hall–Kier alpha value is -3.50. The predicted octanol–water partition coefficient (Wildman–Crippen LogP) is 5.99. The van der Waals surface area contributed by atoms with Crippen LogP contribution in [0.4, 0.5) is 0 Å². The van der Waals surface area contributed by atoms with Crippen molar-refractivity contribution < 1.29 is 13.3 Å². The van der Waals surface area contributed by atoms with Gasteiger partial charge in [0, 0.05) is 0 Å². The summed E-state index contributed by atoms with van der Waals surface area (Å²) in [5.74, 6) is 2.13. The molecule has 156 valence electrons. The van der Waals surface area contributed by atoms with Crippen LogP contribution in [-0.4, -0.2) is 8.80 Å². The highest BCUT2D eigenvalue weighted by atomic mass is 28.4. The first-order valence-electron chi connectivity index (χ1n) is 10.3. The number of hydrogen-bond acceptors (Lipinski definition) is 3. The molecule has 4 rings (SSSR count). The average molecular weight is 427 g/mol. The van der Waals surface area contributed by atoms with E-state index in [0.29, 0.717) is 17.2 Å². The molecule has 0 aliphatic carbocycles. The van der Waals surface area contributed by atoms with E-state index in [1.165, 1.54) is 16.7 Å². The molecule has 0 fully saturated rings. The van der Waals surface area contributed by atoms with Gasteiger partial charge in [-0.05, 0) is 57.2 Å². The molecule has 0 bridgehead atoms. The van der Waals surface area contributed by atoms with Crippen molar-refractivity contribution in [2.75, 3.05) is 0 Å². The minimum atomic E-state index is -3.45. The largest absolute Gasteiger partial charge is 0.737 e. The molecule has 0 N–H and O–H groups in total. The standard InChI is InChI=1S/C27H26O3Si/c1-21-9-15-24(16-10-21)28-31(27-7-5-4-6-8-27,29-25-17-11-22(2)12-18-25)30-26-19-13-23(3)14-20-26/h4-20H,1-3H3. The molecular formula is C27H26O3Si. The molecule has 0 aromatic heterocycles. The van der Waals surface area contributed by atoms with E-state index in [4.69, 9.17) is 13.3 Å². The van der Waals surface area contributed by atoms with Gasteiger partial charge >= 0.3 is 8.80 Å². The Balaban J connectivity index is 1.82. The SMILES string of the molecule is Cc1ccc(O[Si](Oc2ccc(C)cc2)(Oc2ccc(C)cc2)c2ccccc2)cc1. The summed E-state index contributed by atoms with van der Waals surface area (Å²) in [7, 11) is -3.45. The third-order valence-corrected chi connectivity index (χ3v) is 7.50. The summed E-state index contributed by atoms with van der Waals surface area (Å²) >= 11 is 0. The van der Waals surface area contributed by atoms with E-state index >= 15 is 0 Å². The summed E-state index contributed by atoms with van der Waals surface area (Å²) in [5, 5.41) is 0.886. The quantitative estimate of drug-likeness (QED) is 0.340. The highest BCUT2D eigenvalue weighted by Gasteiger charge is 2.52. The van der Waals surface area contributed by atoms with Crippen molar-refractivity contribution in [2.45, 2.75) is 20.8 Å². The zero-order chi connectivity index (χ0) is 21.7. The van der Waals surface area contributed by atoms with Crippen LogP contribution in [0.5, 0.6) is 17.2 Å². The number of benzene rings is 4. The van der Waals surface area contributed by atoms with Crippen LogP contribution in [0.25, 0.3) is 0 Å². The summed E-state index contributed by atoms with van der Waals surface area (Å²) in [4.78, 5) is 0. The fourth-order valence-corrected chi connectivity index (χ4v) is 5.58. The van der Waals surface area contributed by atoms with Gasteiger partial charge in [-0.3, -0.25) is 0 Å². The predicted molar refractivity (Wildman–Crippen MR) is 127 cm³/mol. The van der Waals surface area contributed by atoms with Crippen LogP contribution < -0.4 is 18.5 Å². The van der Waals surface area contributed by atoms with Gasteiger partial charge < -0.3 is 13.3 Å². The third kappa shape index (κ3) is 5.16. The van der Waals surface area contributed by atoms with Gasteiger partial charge in [-0.25, -0.2) is 0 Å².